The monoisotopic (exact) mass is 335 g/mol. The van der Waals surface area contributed by atoms with Gasteiger partial charge in [0.05, 0.1) is 25.4 Å². The van der Waals surface area contributed by atoms with Crippen LogP contribution in [0.1, 0.15) is 40.0 Å². The first-order chi connectivity index (χ1) is 11.6. The molecule has 2 rings (SSSR count). The van der Waals surface area contributed by atoms with Gasteiger partial charge in [-0.3, -0.25) is 4.99 Å². The number of benzene rings is 1. The van der Waals surface area contributed by atoms with Crippen LogP contribution in [0.15, 0.2) is 23.2 Å². The van der Waals surface area contributed by atoms with E-state index in [9.17, 15) is 5.11 Å². The zero-order valence-corrected chi connectivity index (χ0v) is 14.9. The molecule has 0 amide bonds. The number of nitrogens with one attached hydrogen (secondary N) is 2. The molecule has 0 radical (unpaired) electrons. The summed E-state index contributed by atoms with van der Waals surface area (Å²) in [4.78, 5) is 4.53. The van der Waals surface area contributed by atoms with Crippen molar-refractivity contribution in [2.75, 3.05) is 31.6 Å². The van der Waals surface area contributed by atoms with Crippen LogP contribution in [0, 0.1) is 0 Å². The van der Waals surface area contributed by atoms with Gasteiger partial charge in [0.25, 0.3) is 0 Å². The lowest BCUT2D eigenvalue weighted by Gasteiger charge is -2.23. The molecular weight excluding hydrogens is 306 g/mol. The van der Waals surface area contributed by atoms with Gasteiger partial charge in [-0.1, -0.05) is 13.8 Å². The van der Waals surface area contributed by atoms with Gasteiger partial charge in [0.1, 0.15) is 0 Å². The van der Waals surface area contributed by atoms with Gasteiger partial charge in [-0.05, 0) is 31.9 Å². The lowest BCUT2D eigenvalue weighted by Crippen LogP contribution is -2.35. The third kappa shape index (κ3) is 5.03. The molecule has 1 aliphatic rings. The highest BCUT2D eigenvalue weighted by molar-refractivity contribution is 5.94. The second-order valence-electron chi connectivity index (χ2n) is 5.96. The summed E-state index contributed by atoms with van der Waals surface area (Å²) in [7, 11) is 0. The Morgan fingerprint density at radius 2 is 1.88 bits per heavy atom. The second-order valence-corrected chi connectivity index (χ2v) is 5.96. The number of guanidine groups is 1. The van der Waals surface area contributed by atoms with Crippen LogP contribution in [0.3, 0.4) is 0 Å². The lowest BCUT2D eigenvalue weighted by molar-refractivity contribution is 0.0419. The Hall–Kier alpha value is -1.95. The van der Waals surface area contributed by atoms with Crippen molar-refractivity contribution in [2.24, 2.45) is 4.99 Å². The van der Waals surface area contributed by atoms with Crippen LogP contribution in [0.25, 0.3) is 0 Å². The fraction of sp³-hybridized carbons (Fsp3) is 0.611. The van der Waals surface area contributed by atoms with Crippen molar-refractivity contribution in [2.45, 2.75) is 45.6 Å². The van der Waals surface area contributed by atoms with Gasteiger partial charge in [-0.25, -0.2) is 0 Å². The number of hydrogen-bond donors (Lipinski definition) is 3. The SMILES string of the molecule is CCNC(=NCC(O)(CC)CC)Nc1ccc2c(c1)OCCCO2. The number of anilines is 1. The number of hydrogen-bond acceptors (Lipinski definition) is 4. The van der Waals surface area contributed by atoms with E-state index >= 15 is 0 Å². The minimum atomic E-state index is -0.757. The van der Waals surface area contributed by atoms with Crippen LogP contribution >= 0.6 is 0 Å². The summed E-state index contributed by atoms with van der Waals surface area (Å²) in [5.41, 5.74) is 0.114. The largest absolute Gasteiger partial charge is 0.490 e. The summed E-state index contributed by atoms with van der Waals surface area (Å²) in [6, 6.07) is 5.76. The molecule has 0 spiro atoms. The molecule has 0 aliphatic carbocycles. The summed E-state index contributed by atoms with van der Waals surface area (Å²) in [5, 5.41) is 16.9. The van der Waals surface area contributed by atoms with Crippen molar-refractivity contribution >= 4 is 11.6 Å². The Kier molecular flexibility index (Phi) is 6.73. The van der Waals surface area contributed by atoms with Crippen molar-refractivity contribution in [3.8, 4) is 11.5 Å². The molecule has 3 N–H and O–H groups in total. The average Bonchev–Trinajstić information content (AvgIpc) is 2.84. The summed E-state index contributed by atoms with van der Waals surface area (Å²) < 4.78 is 11.4. The first-order valence-corrected chi connectivity index (χ1v) is 8.77. The maximum atomic E-state index is 10.4. The van der Waals surface area contributed by atoms with E-state index in [1.54, 1.807) is 0 Å². The minimum Gasteiger partial charge on any atom is -0.490 e. The highest BCUT2D eigenvalue weighted by atomic mass is 16.5. The standard InChI is InChI=1S/C18H29N3O3/c1-4-18(22,5-2)13-20-17(19-6-3)21-14-8-9-15-16(12-14)24-11-7-10-23-15/h8-9,12,22H,4-7,10-11,13H2,1-3H3,(H2,19,20,21). The predicted octanol–water partition coefficient (Wildman–Crippen LogP) is 2.78. The minimum absolute atomic E-state index is 0.361. The van der Waals surface area contributed by atoms with Crippen LogP contribution in [-0.2, 0) is 0 Å². The van der Waals surface area contributed by atoms with E-state index in [0.717, 1.165) is 30.2 Å². The molecule has 1 heterocycles. The average molecular weight is 335 g/mol. The van der Waals surface area contributed by atoms with Gasteiger partial charge in [0.15, 0.2) is 17.5 Å². The molecule has 0 saturated carbocycles. The first kappa shape index (κ1) is 18.4. The Morgan fingerprint density at radius 3 is 2.54 bits per heavy atom. The van der Waals surface area contributed by atoms with Crippen molar-refractivity contribution in [1.29, 1.82) is 0 Å². The molecular formula is C18H29N3O3. The summed E-state index contributed by atoms with van der Waals surface area (Å²) in [5.74, 6) is 2.16. The third-order valence-electron chi connectivity index (χ3n) is 4.20. The summed E-state index contributed by atoms with van der Waals surface area (Å²) in [6.07, 6.45) is 2.24. The molecule has 6 nitrogen and oxygen atoms in total. The van der Waals surface area contributed by atoms with Gasteiger partial charge in [-0.2, -0.15) is 0 Å². The van der Waals surface area contributed by atoms with E-state index in [-0.39, 0.29) is 0 Å². The van der Waals surface area contributed by atoms with Crippen LogP contribution in [-0.4, -0.2) is 43.0 Å². The number of rotatable bonds is 6. The second kappa shape index (κ2) is 8.78. The van der Waals surface area contributed by atoms with Gasteiger partial charge in [-0.15, -0.1) is 0 Å². The molecule has 0 unspecified atom stereocenters. The summed E-state index contributed by atoms with van der Waals surface area (Å²) >= 11 is 0. The fourth-order valence-electron chi connectivity index (χ4n) is 2.38. The molecule has 0 atom stereocenters. The first-order valence-electron chi connectivity index (χ1n) is 8.77. The Morgan fingerprint density at radius 1 is 1.17 bits per heavy atom. The van der Waals surface area contributed by atoms with Gasteiger partial charge in [0.2, 0.25) is 0 Å². The van der Waals surface area contributed by atoms with E-state index < -0.39 is 5.60 Å². The van der Waals surface area contributed by atoms with Crippen LogP contribution in [0.2, 0.25) is 0 Å². The van der Waals surface area contributed by atoms with E-state index in [1.165, 1.54) is 0 Å². The maximum absolute atomic E-state index is 10.4. The lowest BCUT2D eigenvalue weighted by atomic mass is 9.98. The highest BCUT2D eigenvalue weighted by Gasteiger charge is 2.21. The Bertz CT molecular complexity index is 556. The van der Waals surface area contributed by atoms with Crippen molar-refractivity contribution < 1.29 is 14.6 Å². The number of aliphatic hydroxyl groups is 1. The van der Waals surface area contributed by atoms with E-state index in [2.05, 4.69) is 15.6 Å². The topological polar surface area (TPSA) is 75.1 Å². The zero-order chi connectivity index (χ0) is 17.4. The summed E-state index contributed by atoms with van der Waals surface area (Å²) in [6.45, 7) is 8.40. The van der Waals surface area contributed by atoms with Crippen LogP contribution in [0.4, 0.5) is 5.69 Å². The Labute approximate surface area is 144 Å². The molecule has 6 heteroatoms. The third-order valence-corrected chi connectivity index (χ3v) is 4.20. The molecule has 0 fully saturated rings. The molecule has 1 aromatic rings. The van der Waals surface area contributed by atoms with Gasteiger partial charge in [0, 0.05) is 24.7 Å². The quantitative estimate of drug-likeness (QED) is 0.550. The number of fused-ring (bicyclic) bond motifs is 1. The molecule has 0 aromatic heterocycles. The molecule has 0 bridgehead atoms. The van der Waals surface area contributed by atoms with Crippen molar-refractivity contribution in [3.05, 3.63) is 18.2 Å². The maximum Gasteiger partial charge on any atom is 0.195 e. The predicted molar refractivity (Wildman–Crippen MR) is 97.2 cm³/mol. The molecule has 0 saturated heterocycles. The fourth-order valence-corrected chi connectivity index (χ4v) is 2.38. The molecule has 134 valence electrons. The number of nitrogens with zero attached hydrogens (tertiary/aromatic N) is 1. The zero-order valence-electron chi connectivity index (χ0n) is 14.9. The van der Waals surface area contributed by atoms with Crippen LogP contribution in [0.5, 0.6) is 11.5 Å². The smallest absolute Gasteiger partial charge is 0.195 e. The van der Waals surface area contributed by atoms with Crippen molar-refractivity contribution in [3.63, 3.8) is 0 Å². The highest BCUT2D eigenvalue weighted by Crippen LogP contribution is 2.32. The molecule has 24 heavy (non-hydrogen) atoms. The van der Waals surface area contributed by atoms with Gasteiger partial charge >= 0.3 is 0 Å². The van der Waals surface area contributed by atoms with Gasteiger partial charge < -0.3 is 25.2 Å². The normalized spacial score (nSPS) is 14.9. The van der Waals surface area contributed by atoms with Crippen LogP contribution < -0.4 is 20.1 Å². The number of aliphatic imine (C=N–C) groups is 1. The van der Waals surface area contributed by atoms with Crippen molar-refractivity contribution in [1.82, 2.24) is 5.32 Å². The van der Waals surface area contributed by atoms with E-state index in [4.69, 9.17) is 9.47 Å². The van der Waals surface area contributed by atoms with E-state index in [0.29, 0.717) is 38.6 Å². The Balaban J connectivity index is 2.11. The molecule has 1 aliphatic heterocycles. The van der Waals surface area contributed by atoms with E-state index in [1.807, 2.05) is 39.0 Å². The number of ether oxygens (including phenoxy) is 2. The molecule has 1 aromatic carbocycles.